The van der Waals surface area contributed by atoms with Gasteiger partial charge < -0.3 is 0 Å². The van der Waals surface area contributed by atoms with E-state index >= 15 is 0 Å². The minimum Gasteiger partial charge on any atom is -0.234 e. The number of benzene rings is 2. The Balaban J connectivity index is 2.26. The van der Waals surface area contributed by atoms with Gasteiger partial charge in [-0.3, -0.25) is 0 Å². The van der Waals surface area contributed by atoms with Gasteiger partial charge in [0.25, 0.3) is 5.82 Å². The fourth-order valence-electron chi connectivity index (χ4n) is 4.37. The molecule has 0 saturated heterocycles. The second-order valence-electron chi connectivity index (χ2n) is 7.97. The van der Waals surface area contributed by atoms with Gasteiger partial charge in [0.1, 0.15) is 16.7 Å². The summed E-state index contributed by atoms with van der Waals surface area (Å²) in [5.41, 5.74) is 7.37. The first-order valence-corrected chi connectivity index (χ1v) is 9.57. The van der Waals surface area contributed by atoms with Crippen LogP contribution in [0.2, 0.25) is 0 Å². The number of pyridine rings is 1. The lowest BCUT2D eigenvalue weighted by Crippen LogP contribution is -2.37. The predicted octanol–water partition coefficient (Wildman–Crippen LogP) is 5.97. The fourth-order valence-corrected chi connectivity index (χ4v) is 4.37. The third-order valence-corrected chi connectivity index (χ3v) is 5.71. The minimum absolute atomic E-state index is 0.345. The molecule has 0 spiro atoms. The first-order chi connectivity index (χ1) is 14.0. The molecule has 2 heteroatoms. The molecule has 0 aliphatic carbocycles. The summed E-state index contributed by atoms with van der Waals surface area (Å²) in [6, 6.07) is 14.6. The van der Waals surface area contributed by atoms with Crippen LogP contribution in [0.3, 0.4) is 0 Å². The van der Waals surface area contributed by atoms with E-state index in [-0.39, 0.29) is 0 Å². The van der Waals surface area contributed by atoms with Crippen molar-refractivity contribution >= 4 is 21.8 Å². The van der Waals surface area contributed by atoms with Gasteiger partial charge in [0.15, 0.2) is 0 Å². The molecule has 2 aromatic carbocycles. The molecule has 2 heterocycles. The highest BCUT2D eigenvalue weighted by Crippen LogP contribution is 2.38. The van der Waals surface area contributed by atoms with Gasteiger partial charge in [-0.2, -0.15) is 4.57 Å². The molecule has 2 nitrogen and oxygen atoms in total. The van der Waals surface area contributed by atoms with E-state index in [1.807, 2.05) is 24.6 Å². The van der Waals surface area contributed by atoms with Crippen molar-refractivity contribution in [1.29, 1.82) is 0 Å². The van der Waals surface area contributed by atoms with Crippen molar-refractivity contribution in [1.82, 2.24) is 4.57 Å². The van der Waals surface area contributed by atoms with Gasteiger partial charge in [-0.15, -0.1) is 0 Å². The van der Waals surface area contributed by atoms with Crippen LogP contribution in [0, 0.1) is 27.6 Å². The van der Waals surface area contributed by atoms with Crippen LogP contribution in [-0.4, -0.2) is 4.57 Å². The molecule has 0 fully saturated rings. The summed E-state index contributed by atoms with van der Waals surface area (Å²) in [5, 5.41) is 2.43. The molecule has 0 atom stereocenters. The van der Waals surface area contributed by atoms with E-state index in [2.05, 4.69) is 62.6 Å². The van der Waals surface area contributed by atoms with Crippen molar-refractivity contribution in [2.45, 2.75) is 47.4 Å². The summed E-state index contributed by atoms with van der Waals surface area (Å²) in [7, 11) is 1.85. The number of fused-ring (bicyclic) bond motifs is 3. The topological polar surface area (TPSA) is 8.81 Å². The van der Waals surface area contributed by atoms with Gasteiger partial charge >= 0.3 is 0 Å². The molecule has 0 unspecified atom stereocenters. The molecule has 4 rings (SSSR count). The van der Waals surface area contributed by atoms with Crippen LogP contribution in [0.15, 0.2) is 42.5 Å². The third kappa shape index (κ3) is 2.58. The third-order valence-electron chi connectivity index (χ3n) is 5.71. The van der Waals surface area contributed by atoms with E-state index in [1.165, 1.54) is 27.5 Å². The Kier molecular flexibility index (Phi) is 3.33. The average Bonchev–Trinajstić information content (AvgIpc) is 3.01. The first kappa shape index (κ1) is 14.4. The van der Waals surface area contributed by atoms with E-state index in [4.69, 9.17) is 4.11 Å². The van der Waals surface area contributed by atoms with Crippen molar-refractivity contribution in [2.24, 2.45) is 7.05 Å². The second-order valence-corrected chi connectivity index (χ2v) is 7.97. The van der Waals surface area contributed by atoms with Gasteiger partial charge in [-0.1, -0.05) is 32.0 Å². The van der Waals surface area contributed by atoms with Crippen LogP contribution < -0.4 is 4.57 Å². The lowest BCUT2D eigenvalue weighted by molar-refractivity contribution is -0.671. The molecule has 0 aliphatic rings. The van der Waals surface area contributed by atoms with Gasteiger partial charge in [0, 0.05) is 26.5 Å². The number of para-hydroxylation sites is 1. The molecule has 0 N–H and O–H groups in total. The smallest absolute Gasteiger partial charge is 0.234 e. The van der Waals surface area contributed by atoms with Crippen molar-refractivity contribution in [3.05, 3.63) is 70.4 Å². The first-order valence-electron chi connectivity index (χ1n) is 11.1. The summed E-state index contributed by atoms with van der Waals surface area (Å²) in [6.45, 7) is 8.59. The van der Waals surface area contributed by atoms with Crippen molar-refractivity contribution in [3.8, 4) is 5.82 Å². The average molecular weight is 361 g/mol. The highest BCUT2D eigenvalue weighted by atomic mass is 15.1. The minimum atomic E-state index is -2.18. The van der Waals surface area contributed by atoms with E-state index in [0.29, 0.717) is 11.6 Å². The Labute approximate surface area is 166 Å². The SMILES string of the molecule is [2H]C([2H])([2H])c1cc(C)cc(-n2c3ccccc3c3c(C)cc(C(C)C)c(C)c32)[n+]1C. The molecular weight excluding hydrogens is 328 g/mol. The van der Waals surface area contributed by atoms with Crippen molar-refractivity contribution in [3.63, 3.8) is 0 Å². The molecule has 0 amide bonds. The zero-order valence-electron chi connectivity index (χ0n) is 20.0. The zero-order valence-corrected chi connectivity index (χ0v) is 17.0. The molecule has 0 radical (unpaired) electrons. The number of aromatic nitrogens is 2. The van der Waals surface area contributed by atoms with Crippen LogP contribution in [0.25, 0.3) is 27.6 Å². The molecule has 138 valence electrons. The molecule has 0 bridgehead atoms. The maximum Gasteiger partial charge on any atom is 0.287 e. The zero-order chi connectivity index (χ0) is 22.0. The standard InChI is InChI=1S/C25H29N2/c1-15(2)21-14-17(4)24-20-10-8-9-11-22(20)27(25(24)19(21)6)23-13-16(3)12-18(5)26(23)7/h8-15H,1-7H3/q+1/i5D3. The molecule has 0 saturated carbocycles. The molecule has 0 aliphatic heterocycles. The van der Waals surface area contributed by atoms with Gasteiger partial charge in [0.05, 0.1) is 7.05 Å². The highest BCUT2D eigenvalue weighted by Gasteiger charge is 2.26. The molecule has 27 heavy (non-hydrogen) atoms. The summed E-state index contributed by atoms with van der Waals surface area (Å²) >= 11 is 0. The number of nitrogens with zero attached hydrogens (tertiary/aromatic N) is 2. The largest absolute Gasteiger partial charge is 0.287 e. The van der Waals surface area contributed by atoms with Gasteiger partial charge in [0.2, 0.25) is 0 Å². The second kappa shape index (κ2) is 6.23. The fraction of sp³-hybridized carbons (Fsp3) is 0.320. The van der Waals surface area contributed by atoms with Crippen molar-refractivity contribution in [2.75, 3.05) is 0 Å². The van der Waals surface area contributed by atoms with E-state index in [0.717, 1.165) is 22.4 Å². The van der Waals surface area contributed by atoms with Crippen LogP contribution >= 0.6 is 0 Å². The molecular formula is C25H29N2+. The summed E-state index contributed by atoms with van der Waals surface area (Å²) < 4.78 is 28.2. The Hall–Kier alpha value is -2.61. The van der Waals surface area contributed by atoms with Crippen LogP contribution in [0.4, 0.5) is 0 Å². The lowest BCUT2D eigenvalue weighted by atomic mass is 9.92. The van der Waals surface area contributed by atoms with Crippen LogP contribution in [0.5, 0.6) is 0 Å². The highest BCUT2D eigenvalue weighted by molar-refractivity contribution is 6.12. The number of hydrogen-bond donors (Lipinski definition) is 0. The van der Waals surface area contributed by atoms with Crippen molar-refractivity contribution < 1.29 is 8.68 Å². The number of rotatable bonds is 2. The Morgan fingerprint density at radius 3 is 2.48 bits per heavy atom. The van der Waals surface area contributed by atoms with E-state index in [9.17, 15) is 0 Å². The normalized spacial score (nSPS) is 14.0. The summed E-state index contributed by atoms with van der Waals surface area (Å²) in [4.78, 5) is 0. The summed E-state index contributed by atoms with van der Waals surface area (Å²) in [6.07, 6.45) is 0. The van der Waals surface area contributed by atoms with Gasteiger partial charge in [-0.25, -0.2) is 4.57 Å². The van der Waals surface area contributed by atoms with E-state index < -0.39 is 6.85 Å². The van der Waals surface area contributed by atoms with Crippen LogP contribution in [-0.2, 0) is 7.05 Å². The molecule has 2 aromatic heterocycles. The Bertz CT molecular complexity index is 1290. The van der Waals surface area contributed by atoms with E-state index in [1.54, 1.807) is 6.07 Å². The van der Waals surface area contributed by atoms with Gasteiger partial charge in [-0.05, 0) is 68.4 Å². The predicted molar refractivity (Wildman–Crippen MR) is 115 cm³/mol. The maximum atomic E-state index is 8.03. The molecule has 4 aromatic rings. The van der Waals surface area contributed by atoms with Crippen LogP contribution in [0.1, 0.15) is 51.8 Å². The maximum absolute atomic E-state index is 8.03. The Morgan fingerprint density at radius 2 is 1.78 bits per heavy atom. The Morgan fingerprint density at radius 1 is 1.04 bits per heavy atom. The number of hydrogen-bond acceptors (Lipinski definition) is 0. The monoisotopic (exact) mass is 360 g/mol. The lowest BCUT2D eigenvalue weighted by Gasteiger charge is -2.14. The summed E-state index contributed by atoms with van der Waals surface area (Å²) in [5.74, 6) is 1.28. The number of aryl methyl sites for hydroxylation is 4. The quantitative estimate of drug-likeness (QED) is 0.390.